The molecule has 0 amide bonds. The van der Waals surface area contributed by atoms with Gasteiger partial charge in [0.2, 0.25) is 0 Å². The van der Waals surface area contributed by atoms with E-state index in [0.717, 1.165) is 12.1 Å². The van der Waals surface area contributed by atoms with E-state index in [4.69, 9.17) is 11.5 Å². The molecule has 0 aromatic heterocycles. The second-order valence-corrected chi connectivity index (χ2v) is 2.96. The van der Waals surface area contributed by atoms with Gasteiger partial charge >= 0.3 is 6.18 Å². The highest BCUT2D eigenvalue weighted by Gasteiger charge is 2.30. The summed E-state index contributed by atoms with van der Waals surface area (Å²) in [6.07, 6.45) is -4.30. The Kier molecular flexibility index (Phi) is 7.78. The smallest absolute Gasteiger partial charge is 0.329 e. The fourth-order valence-corrected chi connectivity index (χ4v) is 1.06. The van der Waals surface area contributed by atoms with E-state index in [2.05, 4.69) is 0 Å². The van der Waals surface area contributed by atoms with Crippen molar-refractivity contribution in [2.24, 2.45) is 11.5 Å². The summed E-state index contributed by atoms with van der Waals surface area (Å²) in [6, 6.07) is 4.30. The molecule has 0 radical (unpaired) electrons. The van der Waals surface area contributed by atoms with Crippen molar-refractivity contribution in [3.05, 3.63) is 35.4 Å². The zero-order valence-electron chi connectivity index (χ0n) is 8.20. The van der Waals surface area contributed by atoms with Crippen LogP contribution in [0.2, 0.25) is 0 Å². The van der Waals surface area contributed by atoms with E-state index in [9.17, 15) is 13.2 Å². The fourth-order valence-electron chi connectivity index (χ4n) is 1.06. The molecule has 0 aliphatic heterocycles. The first-order valence-corrected chi connectivity index (χ1v) is 4.08. The molecule has 0 saturated carbocycles. The highest BCUT2D eigenvalue weighted by molar-refractivity contribution is 5.85. The molecule has 0 aliphatic rings. The zero-order chi connectivity index (χ0) is 10.8. The predicted octanol–water partition coefficient (Wildman–Crippen LogP) is 2.51. The van der Waals surface area contributed by atoms with Crippen LogP contribution < -0.4 is 11.5 Å². The molecule has 1 aromatic carbocycles. The summed E-state index contributed by atoms with van der Waals surface area (Å²) in [6.45, 7) is 0.214. The van der Waals surface area contributed by atoms with E-state index in [1.807, 2.05) is 0 Å². The number of halogens is 5. The number of hydrogen-bond donors (Lipinski definition) is 2. The van der Waals surface area contributed by atoms with Crippen LogP contribution in [0.3, 0.4) is 0 Å². The molecule has 0 aliphatic carbocycles. The molecular formula is C9H13Cl2F3N2. The standard InChI is InChI=1S/C9H11F3N2.2ClH/c10-9(11,12)7-3-1-6(2-4-7)8(14)5-13;;/h1-4,8H,5,13-14H2;2*1H/t8-;;/m1../s1. The van der Waals surface area contributed by atoms with Gasteiger partial charge in [-0.05, 0) is 17.7 Å². The van der Waals surface area contributed by atoms with Crippen LogP contribution >= 0.6 is 24.8 Å². The predicted molar refractivity (Wildman–Crippen MR) is 61.9 cm³/mol. The molecule has 1 aromatic rings. The summed E-state index contributed by atoms with van der Waals surface area (Å²) in [5.74, 6) is 0. The van der Waals surface area contributed by atoms with Gasteiger partial charge in [0.25, 0.3) is 0 Å². The summed E-state index contributed by atoms with van der Waals surface area (Å²) in [5, 5.41) is 0. The van der Waals surface area contributed by atoms with Gasteiger partial charge in [-0.15, -0.1) is 24.8 Å². The fraction of sp³-hybridized carbons (Fsp3) is 0.333. The van der Waals surface area contributed by atoms with Crippen molar-refractivity contribution in [2.45, 2.75) is 12.2 Å². The lowest BCUT2D eigenvalue weighted by Gasteiger charge is -2.11. The maximum absolute atomic E-state index is 12.1. The lowest BCUT2D eigenvalue weighted by molar-refractivity contribution is -0.137. The van der Waals surface area contributed by atoms with Crippen LogP contribution in [0, 0.1) is 0 Å². The first-order valence-electron chi connectivity index (χ1n) is 4.08. The second kappa shape index (κ2) is 6.96. The zero-order valence-corrected chi connectivity index (χ0v) is 9.83. The first kappa shape index (κ1) is 17.9. The van der Waals surface area contributed by atoms with Crippen LogP contribution in [0.15, 0.2) is 24.3 Å². The molecule has 0 saturated heterocycles. The van der Waals surface area contributed by atoms with E-state index in [0.29, 0.717) is 5.56 Å². The number of benzene rings is 1. The average molecular weight is 277 g/mol. The van der Waals surface area contributed by atoms with E-state index >= 15 is 0 Å². The van der Waals surface area contributed by atoms with Gasteiger partial charge < -0.3 is 11.5 Å². The lowest BCUT2D eigenvalue weighted by Crippen LogP contribution is -2.20. The van der Waals surface area contributed by atoms with Gasteiger partial charge in [-0.3, -0.25) is 0 Å². The Labute approximate surface area is 104 Å². The highest BCUT2D eigenvalue weighted by atomic mass is 35.5. The number of alkyl halides is 3. The number of hydrogen-bond acceptors (Lipinski definition) is 2. The quantitative estimate of drug-likeness (QED) is 0.872. The summed E-state index contributed by atoms with van der Waals surface area (Å²) < 4.78 is 36.4. The number of nitrogens with two attached hydrogens (primary N) is 2. The normalized spacial score (nSPS) is 12.3. The van der Waals surface area contributed by atoms with Gasteiger partial charge in [-0.1, -0.05) is 12.1 Å². The first-order chi connectivity index (χ1) is 6.45. The molecular weight excluding hydrogens is 264 g/mol. The Morgan fingerprint density at radius 1 is 1.06 bits per heavy atom. The lowest BCUT2D eigenvalue weighted by atomic mass is 10.1. The summed E-state index contributed by atoms with van der Waals surface area (Å²) in [5.41, 5.74) is 10.8. The SMILES string of the molecule is Cl.Cl.NC[C@@H](N)c1ccc(C(F)(F)F)cc1. The molecule has 2 nitrogen and oxygen atoms in total. The largest absolute Gasteiger partial charge is 0.416 e. The third-order valence-electron chi connectivity index (χ3n) is 1.92. The van der Waals surface area contributed by atoms with Crippen molar-refractivity contribution < 1.29 is 13.2 Å². The van der Waals surface area contributed by atoms with Gasteiger partial charge in [-0.25, -0.2) is 0 Å². The third kappa shape index (κ3) is 4.57. The van der Waals surface area contributed by atoms with E-state index < -0.39 is 17.8 Å². The van der Waals surface area contributed by atoms with Crippen LogP contribution in [0.25, 0.3) is 0 Å². The van der Waals surface area contributed by atoms with E-state index in [1.54, 1.807) is 0 Å². The van der Waals surface area contributed by atoms with Crippen molar-refractivity contribution in [3.8, 4) is 0 Å². The molecule has 0 unspecified atom stereocenters. The van der Waals surface area contributed by atoms with Crippen molar-refractivity contribution in [1.29, 1.82) is 0 Å². The summed E-state index contributed by atoms with van der Waals surface area (Å²) >= 11 is 0. The van der Waals surface area contributed by atoms with Crippen molar-refractivity contribution >= 4 is 24.8 Å². The monoisotopic (exact) mass is 276 g/mol. The van der Waals surface area contributed by atoms with Crippen LogP contribution in [0.1, 0.15) is 17.2 Å². The topological polar surface area (TPSA) is 52.0 Å². The second-order valence-electron chi connectivity index (χ2n) is 2.96. The van der Waals surface area contributed by atoms with Gasteiger partial charge in [0.05, 0.1) is 5.56 Å². The van der Waals surface area contributed by atoms with Crippen molar-refractivity contribution in [3.63, 3.8) is 0 Å². The Morgan fingerprint density at radius 2 is 1.50 bits per heavy atom. The molecule has 0 fully saturated rings. The third-order valence-corrected chi connectivity index (χ3v) is 1.92. The van der Waals surface area contributed by atoms with Crippen LogP contribution in [0.5, 0.6) is 0 Å². The van der Waals surface area contributed by atoms with Gasteiger partial charge in [0.1, 0.15) is 0 Å². The molecule has 16 heavy (non-hydrogen) atoms. The van der Waals surface area contributed by atoms with Gasteiger partial charge in [0.15, 0.2) is 0 Å². The molecule has 1 atom stereocenters. The van der Waals surface area contributed by atoms with Crippen molar-refractivity contribution in [1.82, 2.24) is 0 Å². The molecule has 94 valence electrons. The minimum Gasteiger partial charge on any atom is -0.329 e. The van der Waals surface area contributed by atoms with Gasteiger partial charge in [0, 0.05) is 12.6 Å². The minimum absolute atomic E-state index is 0. The molecule has 0 bridgehead atoms. The van der Waals surface area contributed by atoms with E-state index in [1.165, 1.54) is 12.1 Å². The Morgan fingerprint density at radius 3 is 1.81 bits per heavy atom. The summed E-state index contributed by atoms with van der Waals surface area (Å²) in [4.78, 5) is 0. The Balaban J connectivity index is 0. The maximum Gasteiger partial charge on any atom is 0.416 e. The van der Waals surface area contributed by atoms with Crippen LogP contribution in [0.4, 0.5) is 13.2 Å². The highest BCUT2D eigenvalue weighted by Crippen LogP contribution is 2.29. The Bertz CT molecular complexity index is 301. The van der Waals surface area contributed by atoms with E-state index in [-0.39, 0.29) is 31.4 Å². The maximum atomic E-state index is 12.1. The van der Waals surface area contributed by atoms with Crippen LogP contribution in [-0.2, 0) is 6.18 Å². The van der Waals surface area contributed by atoms with Crippen molar-refractivity contribution in [2.75, 3.05) is 6.54 Å². The minimum atomic E-state index is -4.30. The molecule has 0 spiro atoms. The summed E-state index contributed by atoms with van der Waals surface area (Å²) in [7, 11) is 0. The van der Waals surface area contributed by atoms with Gasteiger partial charge in [-0.2, -0.15) is 13.2 Å². The molecule has 7 heteroatoms. The van der Waals surface area contributed by atoms with Crippen LogP contribution in [-0.4, -0.2) is 6.54 Å². The molecule has 4 N–H and O–H groups in total. The molecule has 0 heterocycles. The number of rotatable bonds is 2. The Hall–Kier alpha value is -0.490. The average Bonchev–Trinajstić information content (AvgIpc) is 2.15. The molecule has 1 rings (SSSR count).